The van der Waals surface area contributed by atoms with Crippen LogP contribution in [0.4, 0.5) is 5.69 Å². The predicted octanol–water partition coefficient (Wildman–Crippen LogP) is 4.74. The van der Waals surface area contributed by atoms with Crippen LogP contribution in [0.2, 0.25) is 0 Å². The third kappa shape index (κ3) is 3.56. The van der Waals surface area contributed by atoms with Gasteiger partial charge in [-0.3, -0.25) is 0 Å². The summed E-state index contributed by atoms with van der Waals surface area (Å²) in [6, 6.07) is 7.86. The maximum atomic E-state index is 3.75. The molecule has 1 aromatic carbocycles. The molecule has 3 unspecified atom stereocenters. The topological polar surface area (TPSA) is 15.3 Å². The first-order valence-electron chi connectivity index (χ1n) is 7.82. The van der Waals surface area contributed by atoms with E-state index in [1.165, 1.54) is 35.1 Å². The smallest absolute Gasteiger partial charge is 0.0380 e. The van der Waals surface area contributed by atoms with Gasteiger partial charge in [-0.2, -0.15) is 0 Å². The highest BCUT2D eigenvalue weighted by Crippen LogP contribution is 2.32. The Bertz CT molecular complexity index is 447. The van der Waals surface area contributed by atoms with Crippen LogP contribution in [0.25, 0.3) is 0 Å². The molecular formula is C17H27BrN2. The Labute approximate surface area is 132 Å². The summed E-state index contributed by atoms with van der Waals surface area (Å²) < 4.78 is 1.22. The largest absolute Gasteiger partial charge is 0.369 e. The molecule has 1 heterocycles. The van der Waals surface area contributed by atoms with Gasteiger partial charge in [0.2, 0.25) is 0 Å². The van der Waals surface area contributed by atoms with Gasteiger partial charge in [0.15, 0.2) is 0 Å². The minimum Gasteiger partial charge on any atom is -0.369 e. The monoisotopic (exact) mass is 338 g/mol. The lowest BCUT2D eigenvalue weighted by molar-refractivity contribution is 0.378. The highest BCUT2D eigenvalue weighted by molar-refractivity contribution is 9.10. The zero-order valence-electron chi connectivity index (χ0n) is 13.1. The van der Waals surface area contributed by atoms with Gasteiger partial charge in [-0.1, -0.05) is 35.8 Å². The van der Waals surface area contributed by atoms with Crippen LogP contribution in [0.1, 0.15) is 52.1 Å². The van der Waals surface area contributed by atoms with E-state index in [1.807, 2.05) is 0 Å². The molecule has 1 aromatic rings. The zero-order valence-corrected chi connectivity index (χ0v) is 14.7. The quantitative estimate of drug-likeness (QED) is 0.852. The van der Waals surface area contributed by atoms with Gasteiger partial charge < -0.3 is 10.2 Å². The van der Waals surface area contributed by atoms with Crippen molar-refractivity contribution in [2.75, 3.05) is 18.0 Å². The Morgan fingerprint density at radius 2 is 2.15 bits per heavy atom. The van der Waals surface area contributed by atoms with Crippen molar-refractivity contribution < 1.29 is 0 Å². The lowest BCUT2D eigenvalue weighted by Crippen LogP contribution is -2.40. The molecule has 20 heavy (non-hydrogen) atoms. The van der Waals surface area contributed by atoms with Crippen molar-refractivity contribution in [3.63, 3.8) is 0 Å². The summed E-state index contributed by atoms with van der Waals surface area (Å²) in [5.74, 6) is 0.859. The van der Waals surface area contributed by atoms with Gasteiger partial charge >= 0.3 is 0 Å². The van der Waals surface area contributed by atoms with Crippen LogP contribution in [-0.4, -0.2) is 19.1 Å². The number of hydrogen-bond acceptors (Lipinski definition) is 2. The van der Waals surface area contributed by atoms with Crippen LogP contribution in [-0.2, 0) is 0 Å². The Hall–Kier alpha value is -0.540. The Kier molecular flexibility index (Phi) is 5.50. The van der Waals surface area contributed by atoms with Gasteiger partial charge in [0, 0.05) is 28.8 Å². The molecular weight excluding hydrogens is 312 g/mol. The summed E-state index contributed by atoms with van der Waals surface area (Å²) in [5, 5.41) is 3.47. The van der Waals surface area contributed by atoms with Crippen molar-refractivity contribution in [3.05, 3.63) is 28.2 Å². The van der Waals surface area contributed by atoms with Crippen molar-refractivity contribution in [1.29, 1.82) is 0 Å². The van der Waals surface area contributed by atoms with Crippen molar-refractivity contribution in [1.82, 2.24) is 5.32 Å². The van der Waals surface area contributed by atoms with Crippen LogP contribution in [0, 0.1) is 5.92 Å². The summed E-state index contributed by atoms with van der Waals surface area (Å²) >= 11 is 3.75. The van der Waals surface area contributed by atoms with Gasteiger partial charge in [-0.15, -0.1) is 0 Å². The fraction of sp³-hybridized carbons (Fsp3) is 0.647. The number of piperidine rings is 1. The molecule has 1 saturated heterocycles. The van der Waals surface area contributed by atoms with Crippen molar-refractivity contribution in [3.8, 4) is 0 Å². The third-order valence-corrected chi connectivity index (χ3v) is 5.12. The molecule has 1 aliphatic rings. The SMILES string of the molecule is CCNC(C)c1ccc(N2CCC(C)CC2C)cc1Br. The van der Waals surface area contributed by atoms with Gasteiger partial charge in [-0.25, -0.2) is 0 Å². The van der Waals surface area contributed by atoms with E-state index in [0.717, 1.165) is 12.5 Å². The second kappa shape index (κ2) is 6.95. The van der Waals surface area contributed by atoms with Crippen LogP contribution in [0.5, 0.6) is 0 Å². The van der Waals surface area contributed by atoms with E-state index in [4.69, 9.17) is 0 Å². The van der Waals surface area contributed by atoms with E-state index in [2.05, 4.69) is 72.0 Å². The number of nitrogens with one attached hydrogen (secondary N) is 1. The lowest BCUT2D eigenvalue weighted by Gasteiger charge is -2.38. The predicted molar refractivity (Wildman–Crippen MR) is 91.4 cm³/mol. The van der Waals surface area contributed by atoms with Crippen LogP contribution >= 0.6 is 15.9 Å². The number of nitrogens with zero attached hydrogens (tertiary/aromatic N) is 1. The lowest BCUT2D eigenvalue weighted by atomic mass is 9.93. The van der Waals surface area contributed by atoms with E-state index in [0.29, 0.717) is 12.1 Å². The van der Waals surface area contributed by atoms with Gasteiger partial charge in [-0.05, 0) is 56.8 Å². The summed E-state index contributed by atoms with van der Waals surface area (Å²) in [4.78, 5) is 2.55. The van der Waals surface area contributed by atoms with Crippen molar-refractivity contribution >= 4 is 21.6 Å². The van der Waals surface area contributed by atoms with E-state index in [9.17, 15) is 0 Å². The number of halogens is 1. The maximum absolute atomic E-state index is 3.75. The molecule has 0 aliphatic carbocycles. The molecule has 1 aliphatic heterocycles. The molecule has 1 N–H and O–H groups in total. The highest BCUT2D eigenvalue weighted by atomic mass is 79.9. The van der Waals surface area contributed by atoms with E-state index >= 15 is 0 Å². The second-order valence-corrected chi connectivity index (χ2v) is 7.01. The zero-order chi connectivity index (χ0) is 14.7. The second-order valence-electron chi connectivity index (χ2n) is 6.16. The number of benzene rings is 1. The molecule has 0 aromatic heterocycles. The van der Waals surface area contributed by atoms with Gasteiger partial charge in [0.25, 0.3) is 0 Å². The minimum atomic E-state index is 0.391. The summed E-state index contributed by atoms with van der Waals surface area (Å²) in [6.07, 6.45) is 2.60. The van der Waals surface area contributed by atoms with Crippen LogP contribution in [0.15, 0.2) is 22.7 Å². The average Bonchev–Trinajstić information content (AvgIpc) is 2.38. The van der Waals surface area contributed by atoms with Crippen molar-refractivity contribution in [2.24, 2.45) is 5.92 Å². The van der Waals surface area contributed by atoms with E-state index in [1.54, 1.807) is 0 Å². The molecule has 0 bridgehead atoms. The third-order valence-electron chi connectivity index (χ3n) is 4.43. The molecule has 112 valence electrons. The minimum absolute atomic E-state index is 0.391. The molecule has 2 rings (SSSR count). The van der Waals surface area contributed by atoms with Crippen LogP contribution in [0.3, 0.4) is 0 Å². The molecule has 1 fully saturated rings. The number of hydrogen-bond donors (Lipinski definition) is 1. The normalized spacial score (nSPS) is 24.8. The molecule has 0 saturated carbocycles. The molecule has 2 nitrogen and oxygen atoms in total. The summed E-state index contributed by atoms with van der Waals surface area (Å²) in [5.41, 5.74) is 2.69. The van der Waals surface area contributed by atoms with Gasteiger partial charge in [0.1, 0.15) is 0 Å². The summed E-state index contributed by atoms with van der Waals surface area (Å²) in [7, 11) is 0. The average molecular weight is 339 g/mol. The first-order valence-corrected chi connectivity index (χ1v) is 8.61. The first-order chi connectivity index (χ1) is 9.52. The van der Waals surface area contributed by atoms with E-state index < -0.39 is 0 Å². The Morgan fingerprint density at radius 3 is 2.75 bits per heavy atom. The molecule has 3 atom stereocenters. The number of rotatable bonds is 4. The fourth-order valence-corrected chi connectivity index (χ4v) is 3.96. The Morgan fingerprint density at radius 1 is 1.40 bits per heavy atom. The Balaban J connectivity index is 2.16. The highest BCUT2D eigenvalue weighted by Gasteiger charge is 2.23. The van der Waals surface area contributed by atoms with Crippen molar-refractivity contribution in [2.45, 2.75) is 52.6 Å². The van der Waals surface area contributed by atoms with Crippen LogP contribution < -0.4 is 10.2 Å². The maximum Gasteiger partial charge on any atom is 0.0380 e. The van der Waals surface area contributed by atoms with E-state index in [-0.39, 0.29) is 0 Å². The molecule has 0 amide bonds. The standard InChI is InChI=1S/C17H27BrN2/c1-5-19-14(4)16-7-6-15(11-17(16)18)20-9-8-12(2)10-13(20)3/h6-7,11-14,19H,5,8-10H2,1-4H3. The molecule has 3 heteroatoms. The first kappa shape index (κ1) is 15.8. The number of anilines is 1. The fourth-order valence-electron chi connectivity index (χ4n) is 3.25. The molecule has 0 spiro atoms. The molecule has 0 radical (unpaired) electrons. The van der Waals surface area contributed by atoms with Gasteiger partial charge in [0.05, 0.1) is 0 Å². The summed E-state index contributed by atoms with van der Waals surface area (Å²) in [6.45, 7) is 11.3.